The highest BCUT2D eigenvalue weighted by molar-refractivity contribution is 6.29. The topological polar surface area (TPSA) is 40.6 Å². The normalized spacial score (nSPS) is 12.1. The van der Waals surface area contributed by atoms with Gasteiger partial charge in [0.2, 0.25) is 0 Å². The third-order valence-electron chi connectivity index (χ3n) is 13.2. The molecule has 0 unspecified atom stereocenters. The zero-order valence-electron chi connectivity index (χ0n) is 33.9. The number of hydrogen-bond acceptors (Lipinski definition) is 2. The van der Waals surface area contributed by atoms with Gasteiger partial charge in [-0.25, -0.2) is 9.97 Å². The predicted molar refractivity (Wildman–Crippen MR) is 263 cm³/mol. The number of benzene rings is 10. The summed E-state index contributed by atoms with van der Waals surface area (Å²) in [6, 6.07) is 76.4. The summed E-state index contributed by atoms with van der Waals surface area (Å²) < 4.78 is 7.19. The maximum atomic E-state index is 5.74. The van der Waals surface area contributed by atoms with Crippen LogP contribution in [0.5, 0.6) is 0 Å². The van der Waals surface area contributed by atoms with Crippen LogP contribution in [-0.2, 0) is 0 Å². The van der Waals surface area contributed by atoms with Crippen LogP contribution in [0.25, 0.3) is 126 Å². The Morgan fingerprint density at radius 1 is 0.270 bits per heavy atom. The van der Waals surface area contributed by atoms with Gasteiger partial charge in [0, 0.05) is 60.0 Å². The van der Waals surface area contributed by atoms with Crippen molar-refractivity contribution in [2.24, 2.45) is 0 Å². The average molecular weight is 802 g/mol. The van der Waals surface area contributed by atoms with Crippen molar-refractivity contribution >= 4 is 98.0 Å². The lowest BCUT2D eigenvalue weighted by Gasteiger charge is -2.16. The van der Waals surface area contributed by atoms with Crippen molar-refractivity contribution in [2.75, 3.05) is 0 Å². The van der Waals surface area contributed by atoms with E-state index in [-0.39, 0.29) is 0 Å². The van der Waals surface area contributed by atoms with Crippen LogP contribution in [0.15, 0.2) is 212 Å². The lowest BCUT2D eigenvalue weighted by Crippen LogP contribution is -2.04. The van der Waals surface area contributed by atoms with Crippen LogP contribution in [-0.4, -0.2) is 23.7 Å². The third kappa shape index (κ3) is 4.76. The summed E-state index contributed by atoms with van der Waals surface area (Å²) in [6.45, 7) is 0. The van der Waals surface area contributed by atoms with E-state index in [4.69, 9.17) is 9.97 Å². The van der Waals surface area contributed by atoms with Gasteiger partial charge in [-0.05, 0) is 71.4 Å². The SMILES string of the molecule is c1ccc(-c2nc3c4ccccc4c4ccccc4c3nc2-n2c3ccccc3c3c4c5ccccc5n(-c5ccc6c(c5)c5ccccc5n6-c5ccccc5)c4ccc32)cc1. The third-order valence-corrected chi connectivity index (χ3v) is 13.2. The number of hydrogen-bond donors (Lipinski definition) is 0. The predicted octanol–water partition coefficient (Wildman–Crippen LogP) is 14.9. The molecule has 4 aromatic heterocycles. The van der Waals surface area contributed by atoms with E-state index in [0.717, 1.165) is 72.3 Å². The lowest BCUT2D eigenvalue weighted by molar-refractivity contribution is 1.08. The Bertz CT molecular complexity index is 4190. The first kappa shape index (κ1) is 34.2. The Kier molecular flexibility index (Phi) is 7.05. The summed E-state index contributed by atoms with van der Waals surface area (Å²) in [5.41, 5.74) is 12.8. The second-order valence-electron chi connectivity index (χ2n) is 16.5. The van der Waals surface area contributed by atoms with E-state index in [1.54, 1.807) is 0 Å². The summed E-state index contributed by atoms with van der Waals surface area (Å²) >= 11 is 0. The molecule has 0 saturated carbocycles. The van der Waals surface area contributed by atoms with Gasteiger partial charge in [0.05, 0.1) is 44.1 Å². The second-order valence-corrected chi connectivity index (χ2v) is 16.5. The van der Waals surface area contributed by atoms with Gasteiger partial charge in [-0.3, -0.25) is 4.57 Å². The first-order chi connectivity index (χ1) is 31.3. The first-order valence-corrected chi connectivity index (χ1v) is 21.5. The quantitative estimate of drug-likeness (QED) is 0.166. The van der Waals surface area contributed by atoms with Crippen molar-refractivity contribution in [2.45, 2.75) is 0 Å². The van der Waals surface area contributed by atoms with E-state index in [0.29, 0.717) is 0 Å². The van der Waals surface area contributed by atoms with E-state index in [9.17, 15) is 0 Å². The van der Waals surface area contributed by atoms with E-state index >= 15 is 0 Å². The highest BCUT2D eigenvalue weighted by atomic mass is 15.1. The summed E-state index contributed by atoms with van der Waals surface area (Å²) in [5, 5.41) is 11.8. The van der Waals surface area contributed by atoms with Crippen molar-refractivity contribution in [1.82, 2.24) is 23.7 Å². The molecule has 0 fully saturated rings. The van der Waals surface area contributed by atoms with E-state index < -0.39 is 0 Å². The van der Waals surface area contributed by atoms with Gasteiger partial charge in [0.15, 0.2) is 5.82 Å². The zero-order valence-corrected chi connectivity index (χ0v) is 33.9. The van der Waals surface area contributed by atoms with Crippen LogP contribution in [0.2, 0.25) is 0 Å². The minimum absolute atomic E-state index is 0.809. The van der Waals surface area contributed by atoms with Crippen molar-refractivity contribution < 1.29 is 0 Å². The molecule has 14 aromatic rings. The molecule has 10 aromatic carbocycles. The highest BCUT2D eigenvalue weighted by Gasteiger charge is 2.25. The summed E-state index contributed by atoms with van der Waals surface area (Å²) in [4.78, 5) is 11.4. The number of para-hydroxylation sites is 4. The average Bonchev–Trinajstić information content (AvgIpc) is 3.99. The molecule has 0 bridgehead atoms. The standard InChI is InChI=1S/C58H35N5/c1-3-17-36(18-4-1)55-58(60-57-43-25-10-8-22-40(43)39-21-7-9-24-42(39)56(57)59-55)63-49-30-16-13-27-45(49)54-52(63)34-33-51-53(54)44-26-12-15-29-48(44)62(51)38-31-32-50-46(35-38)41-23-11-14-28-47(41)61(50)37-19-5-2-6-20-37/h1-35H. The molecule has 0 amide bonds. The van der Waals surface area contributed by atoms with Crippen molar-refractivity contribution in [1.29, 1.82) is 0 Å². The molecule has 63 heavy (non-hydrogen) atoms. The zero-order chi connectivity index (χ0) is 41.2. The number of nitrogens with zero attached hydrogens (tertiary/aromatic N) is 5. The smallest absolute Gasteiger partial charge is 0.165 e. The van der Waals surface area contributed by atoms with Gasteiger partial charge in [0.25, 0.3) is 0 Å². The van der Waals surface area contributed by atoms with E-state index in [2.05, 4.69) is 226 Å². The molecule has 4 heterocycles. The molecule has 0 N–H and O–H groups in total. The molecular weight excluding hydrogens is 767 g/mol. The van der Waals surface area contributed by atoms with Crippen LogP contribution in [0.3, 0.4) is 0 Å². The Morgan fingerprint density at radius 3 is 1.33 bits per heavy atom. The molecule has 0 aliphatic rings. The van der Waals surface area contributed by atoms with Gasteiger partial charge >= 0.3 is 0 Å². The van der Waals surface area contributed by atoms with Gasteiger partial charge in [-0.1, -0.05) is 152 Å². The minimum Gasteiger partial charge on any atom is -0.309 e. The van der Waals surface area contributed by atoms with Crippen LogP contribution >= 0.6 is 0 Å². The molecule has 0 radical (unpaired) electrons. The Balaban J connectivity index is 1.09. The van der Waals surface area contributed by atoms with Gasteiger partial charge in [0.1, 0.15) is 5.69 Å². The van der Waals surface area contributed by atoms with Crippen LogP contribution in [0.4, 0.5) is 0 Å². The monoisotopic (exact) mass is 801 g/mol. The fourth-order valence-electron chi connectivity index (χ4n) is 10.6. The largest absolute Gasteiger partial charge is 0.309 e. The molecule has 5 heteroatoms. The molecule has 5 nitrogen and oxygen atoms in total. The van der Waals surface area contributed by atoms with E-state index in [1.165, 1.54) is 54.1 Å². The molecule has 0 spiro atoms. The fraction of sp³-hybridized carbons (Fsp3) is 0. The summed E-state index contributed by atoms with van der Waals surface area (Å²) in [6.07, 6.45) is 0. The van der Waals surface area contributed by atoms with Crippen LogP contribution < -0.4 is 0 Å². The van der Waals surface area contributed by atoms with Crippen molar-refractivity contribution in [3.8, 4) is 28.5 Å². The number of fused-ring (bicyclic) bond motifs is 16. The Hall–Kier alpha value is -8.54. The fourth-order valence-corrected chi connectivity index (χ4v) is 10.6. The van der Waals surface area contributed by atoms with Gasteiger partial charge in [-0.15, -0.1) is 0 Å². The second kappa shape index (κ2) is 13.0. The maximum absolute atomic E-state index is 5.74. The molecular formula is C58H35N5. The first-order valence-electron chi connectivity index (χ1n) is 21.5. The molecule has 0 atom stereocenters. The summed E-state index contributed by atoms with van der Waals surface area (Å²) in [7, 11) is 0. The van der Waals surface area contributed by atoms with Crippen molar-refractivity contribution in [3.63, 3.8) is 0 Å². The number of aromatic nitrogens is 5. The number of rotatable bonds is 4. The lowest BCUT2D eigenvalue weighted by atomic mass is 9.99. The molecule has 0 aliphatic carbocycles. The van der Waals surface area contributed by atoms with E-state index in [1.807, 2.05) is 0 Å². The van der Waals surface area contributed by atoms with Gasteiger partial charge in [-0.2, -0.15) is 0 Å². The minimum atomic E-state index is 0.809. The summed E-state index contributed by atoms with van der Waals surface area (Å²) in [5.74, 6) is 0.809. The Labute approximate surface area is 360 Å². The molecule has 14 rings (SSSR count). The maximum Gasteiger partial charge on any atom is 0.165 e. The molecule has 292 valence electrons. The molecule has 0 aliphatic heterocycles. The van der Waals surface area contributed by atoms with Crippen LogP contribution in [0, 0.1) is 0 Å². The highest BCUT2D eigenvalue weighted by Crippen LogP contribution is 2.45. The Morgan fingerprint density at radius 2 is 0.698 bits per heavy atom. The van der Waals surface area contributed by atoms with Crippen molar-refractivity contribution in [3.05, 3.63) is 212 Å². The molecule has 0 saturated heterocycles. The van der Waals surface area contributed by atoms with Crippen LogP contribution in [0.1, 0.15) is 0 Å². The van der Waals surface area contributed by atoms with Gasteiger partial charge < -0.3 is 9.13 Å².